The summed E-state index contributed by atoms with van der Waals surface area (Å²) in [5.74, 6) is -2.77. The monoisotopic (exact) mass is 296 g/mol. The summed E-state index contributed by atoms with van der Waals surface area (Å²) >= 11 is 0. The smallest absolute Gasteiger partial charge is 0.325 e. The van der Waals surface area contributed by atoms with Gasteiger partial charge in [-0.25, -0.2) is 0 Å². The van der Waals surface area contributed by atoms with Gasteiger partial charge in [0.2, 0.25) is 11.8 Å². The van der Waals surface area contributed by atoms with Gasteiger partial charge >= 0.3 is 5.97 Å². The van der Waals surface area contributed by atoms with E-state index in [4.69, 9.17) is 10.2 Å². The lowest BCUT2D eigenvalue weighted by molar-refractivity contribution is -0.141. The molecule has 0 saturated heterocycles. The van der Waals surface area contributed by atoms with Crippen molar-refractivity contribution in [3.05, 3.63) is 29.8 Å². The van der Waals surface area contributed by atoms with E-state index in [9.17, 15) is 19.5 Å². The van der Waals surface area contributed by atoms with Crippen LogP contribution in [0.3, 0.4) is 0 Å². The number of phenols is 1. The molecular formula is C13H16N2O6. The van der Waals surface area contributed by atoms with Crippen molar-refractivity contribution >= 4 is 17.8 Å². The normalized spacial score (nSPS) is 13.0. The van der Waals surface area contributed by atoms with E-state index < -0.39 is 36.5 Å². The van der Waals surface area contributed by atoms with E-state index in [1.807, 2.05) is 0 Å². The van der Waals surface area contributed by atoms with Gasteiger partial charge in [-0.1, -0.05) is 12.1 Å². The quantitative estimate of drug-likeness (QED) is 0.463. The van der Waals surface area contributed by atoms with Gasteiger partial charge in [0.05, 0.1) is 0 Å². The van der Waals surface area contributed by atoms with Crippen molar-refractivity contribution < 1.29 is 29.7 Å². The highest BCUT2D eigenvalue weighted by Crippen LogP contribution is 2.17. The van der Waals surface area contributed by atoms with Crippen LogP contribution in [0.2, 0.25) is 0 Å². The Morgan fingerprint density at radius 1 is 1.14 bits per heavy atom. The number of aliphatic carboxylic acids is 1. The summed E-state index contributed by atoms with van der Waals surface area (Å²) in [6.07, 6.45) is 0. The van der Waals surface area contributed by atoms with E-state index in [2.05, 4.69) is 10.6 Å². The van der Waals surface area contributed by atoms with E-state index in [0.717, 1.165) is 0 Å². The SMILES string of the molecule is C[C@H](NC(=O)[C@H](NC(=O)CO)c1ccc(O)cc1)C(=O)O. The van der Waals surface area contributed by atoms with Crippen molar-refractivity contribution in [1.82, 2.24) is 10.6 Å². The maximum Gasteiger partial charge on any atom is 0.325 e. The van der Waals surface area contributed by atoms with Crippen LogP contribution in [-0.2, 0) is 14.4 Å². The van der Waals surface area contributed by atoms with Crippen molar-refractivity contribution in [2.45, 2.75) is 19.0 Å². The average molecular weight is 296 g/mol. The number of carboxylic acid groups (broad SMARTS) is 1. The fraction of sp³-hybridized carbons (Fsp3) is 0.308. The highest BCUT2D eigenvalue weighted by molar-refractivity contribution is 5.91. The zero-order valence-electron chi connectivity index (χ0n) is 11.2. The zero-order chi connectivity index (χ0) is 16.0. The summed E-state index contributed by atoms with van der Waals surface area (Å²) in [6.45, 7) is 0.471. The molecule has 1 aromatic rings. The van der Waals surface area contributed by atoms with Gasteiger partial charge in [0.1, 0.15) is 24.4 Å². The molecule has 0 aliphatic heterocycles. The fourth-order valence-corrected chi connectivity index (χ4v) is 1.53. The molecule has 0 aliphatic rings. The van der Waals surface area contributed by atoms with Gasteiger partial charge in [-0.05, 0) is 24.6 Å². The molecule has 0 heterocycles. The van der Waals surface area contributed by atoms with Crippen molar-refractivity contribution in [2.75, 3.05) is 6.61 Å². The Morgan fingerprint density at radius 3 is 2.19 bits per heavy atom. The highest BCUT2D eigenvalue weighted by atomic mass is 16.4. The minimum absolute atomic E-state index is 0.0229. The summed E-state index contributed by atoms with van der Waals surface area (Å²) in [4.78, 5) is 34.1. The molecule has 0 aromatic heterocycles. The summed E-state index contributed by atoms with van der Waals surface area (Å²) < 4.78 is 0. The van der Waals surface area contributed by atoms with Crippen molar-refractivity contribution in [3.8, 4) is 5.75 Å². The number of benzene rings is 1. The first-order chi connectivity index (χ1) is 9.85. The van der Waals surface area contributed by atoms with Gasteiger partial charge in [0, 0.05) is 0 Å². The number of carboxylic acids is 1. The van der Waals surface area contributed by atoms with Crippen molar-refractivity contribution in [1.29, 1.82) is 0 Å². The van der Waals surface area contributed by atoms with Crippen LogP contribution >= 0.6 is 0 Å². The number of hydrogen-bond donors (Lipinski definition) is 5. The van der Waals surface area contributed by atoms with Crippen LogP contribution in [0, 0.1) is 0 Å². The number of carbonyl (C=O) groups is 3. The van der Waals surface area contributed by atoms with Gasteiger partial charge in [-0.3, -0.25) is 14.4 Å². The molecule has 8 heteroatoms. The Bertz CT molecular complexity index is 528. The maximum atomic E-state index is 12.1. The molecule has 0 unspecified atom stereocenters. The summed E-state index contributed by atoms with van der Waals surface area (Å²) in [7, 11) is 0. The number of amides is 2. The molecule has 2 amide bonds. The molecule has 0 spiro atoms. The van der Waals surface area contributed by atoms with Crippen LogP contribution in [0.25, 0.3) is 0 Å². The molecule has 5 N–H and O–H groups in total. The topological polar surface area (TPSA) is 136 Å². The van der Waals surface area contributed by atoms with Gasteiger partial charge in [-0.15, -0.1) is 0 Å². The largest absolute Gasteiger partial charge is 0.508 e. The molecule has 0 bridgehead atoms. The summed E-state index contributed by atoms with van der Waals surface area (Å²) in [5.41, 5.74) is 0.338. The number of hydrogen-bond acceptors (Lipinski definition) is 5. The molecule has 1 rings (SSSR count). The van der Waals surface area contributed by atoms with Crippen LogP contribution in [0.1, 0.15) is 18.5 Å². The second kappa shape index (κ2) is 7.25. The van der Waals surface area contributed by atoms with Crippen LogP contribution in [-0.4, -0.2) is 45.8 Å². The second-order valence-corrected chi connectivity index (χ2v) is 4.32. The first-order valence-corrected chi connectivity index (χ1v) is 6.07. The predicted molar refractivity (Wildman–Crippen MR) is 71.3 cm³/mol. The number of rotatable bonds is 6. The zero-order valence-corrected chi connectivity index (χ0v) is 11.2. The minimum atomic E-state index is -1.22. The number of nitrogens with one attached hydrogen (secondary N) is 2. The lowest BCUT2D eigenvalue weighted by atomic mass is 10.1. The summed E-state index contributed by atoms with van der Waals surface area (Å²) in [5, 5.41) is 31.2. The average Bonchev–Trinajstić information content (AvgIpc) is 2.45. The van der Waals surface area contributed by atoms with E-state index >= 15 is 0 Å². The number of phenolic OH excluding ortho intramolecular Hbond substituents is 1. The summed E-state index contributed by atoms with van der Waals surface area (Å²) in [6, 6.07) is 3.14. The van der Waals surface area contributed by atoms with Crippen molar-refractivity contribution in [3.63, 3.8) is 0 Å². The Morgan fingerprint density at radius 2 is 1.71 bits per heavy atom. The van der Waals surface area contributed by atoms with E-state index in [1.54, 1.807) is 0 Å². The number of aromatic hydroxyl groups is 1. The number of aliphatic hydroxyl groups is 1. The molecule has 114 valence electrons. The van der Waals surface area contributed by atoms with Crippen LogP contribution < -0.4 is 10.6 Å². The fourth-order valence-electron chi connectivity index (χ4n) is 1.53. The van der Waals surface area contributed by atoms with E-state index in [1.165, 1.54) is 31.2 Å². The Kier molecular flexibility index (Phi) is 5.67. The number of aliphatic hydroxyl groups excluding tert-OH is 1. The van der Waals surface area contributed by atoms with Gasteiger partial charge in [0.15, 0.2) is 0 Å². The lowest BCUT2D eigenvalue weighted by Gasteiger charge is -2.20. The molecule has 0 aliphatic carbocycles. The van der Waals surface area contributed by atoms with Crippen LogP contribution in [0.15, 0.2) is 24.3 Å². The van der Waals surface area contributed by atoms with Gasteiger partial charge in [-0.2, -0.15) is 0 Å². The van der Waals surface area contributed by atoms with Crippen molar-refractivity contribution in [2.24, 2.45) is 0 Å². The predicted octanol–water partition coefficient (Wildman–Crippen LogP) is -0.869. The third-order valence-corrected chi connectivity index (χ3v) is 2.67. The Hall–Kier alpha value is -2.61. The highest BCUT2D eigenvalue weighted by Gasteiger charge is 2.25. The molecule has 0 radical (unpaired) electrons. The second-order valence-electron chi connectivity index (χ2n) is 4.32. The molecule has 0 saturated carbocycles. The molecule has 8 nitrogen and oxygen atoms in total. The van der Waals surface area contributed by atoms with Crippen LogP contribution in [0.5, 0.6) is 5.75 Å². The maximum absolute atomic E-state index is 12.1. The third-order valence-electron chi connectivity index (χ3n) is 2.67. The molecule has 0 fully saturated rings. The lowest BCUT2D eigenvalue weighted by Crippen LogP contribution is -2.46. The third kappa shape index (κ3) is 4.77. The minimum Gasteiger partial charge on any atom is -0.508 e. The first-order valence-electron chi connectivity index (χ1n) is 6.07. The van der Waals surface area contributed by atoms with E-state index in [-0.39, 0.29) is 5.75 Å². The van der Waals surface area contributed by atoms with Gasteiger partial charge < -0.3 is 26.0 Å². The standard InChI is InChI=1S/C13H16N2O6/c1-7(13(20)21)14-12(19)11(15-10(18)6-16)8-2-4-9(17)5-3-8/h2-5,7,11,16-17H,6H2,1H3,(H,14,19)(H,15,18)(H,20,21)/t7-,11+/m0/s1. The molecule has 1 aromatic carbocycles. The van der Waals surface area contributed by atoms with Gasteiger partial charge in [0.25, 0.3) is 0 Å². The molecule has 2 atom stereocenters. The molecular weight excluding hydrogens is 280 g/mol. The Labute approximate surface area is 120 Å². The number of carbonyl (C=O) groups excluding carboxylic acids is 2. The molecule has 21 heavy (non-hydrogen) atoms. The van der Waals surface area contributed by atoms with Crippen LogP contribution in [0.4, 0.5) is 0 Å². The van der Waals surface area contributed by atoms with E-state index in [0.29, 0.717) is 5.56 Å². The Balaban J connectivity index is 2.96. The first kappa shape index (κ1) is 16.4.